The van der Waals surface area contributed by atoms with Crippen LogP contribution in [0.3, 0.4) is 0 Å². The average molecular weight is 409 g/mol. The van der Waals surface area contributed by atoms with Gasteiger partial charge in [-0.1, -0.05) is 48.2 Å². The molecule has 0 unspecified atom stereocenters. The van der Waals surface area contributed by atoms with Crippen molar-refractivity contribution in [3.05, 3.63) is 77.6 Å². The summed E-state index contributed by atoms with van der Waals surface area (Å²) in [5, 5.41) is 12.9. The molecule has 5 nitrogen and oxygen atoms in total. The van der Waals surface area contributed by atoms with E-state index in [2.05, 4.69) is 16.4 Å². The lowest BCUT2D eigenvalue weighted by molar-refractivity contribution is 0.0949. The fourth-order valence-corrected chi connectivity index (χ4v) is 4.14. The van der Waals surface area contributed by atoms with E-state index in [1.807, 2.05) is 65.4 Å². The number of hydrogen-bond acceptors (Lipinski definition) is 5. The number of aromatic nitrogens is 2. The van der Waals surface area contributed by atoms with E-state index >= 15 is 0 Å². The standard InChI is InChI=1S/C21H20N4OS2/c1-27-21-24-14-19(25(21)18-9-3-2-4-10-18)20(26)23-11-12-28-15-17-8-6-5-7-16(17)13-22/h2-10,14H,11-12,15H2,1H3,(H,23,26). The lowest BCUT2D eigenvalue weighted by Crippen LogP contribution is -2.27. The third-order valence-corrected chi connectivity index (χ3v) is 5.75. The molecule has 7 heteroatoms. The van der Waals surface area contributed by atoms with Gasteiger partial charge in [0.15, 0.2) is 5.16 Å². The summed E-state index contributed by atoms with van der Waals surface area (Å²) in [6.07, 6.45) is 3.56. The van der Waals surface area contributed by atoms with Crippen LogP contribution >= 0.6 is 23.5 Å². The predicted octanol–water partition coefficient (Wildman–Crippen LogP) is 4.13. The van der Waals surface area contributed by atoms with Gasteiger partial charge in [0.05, 0.1) is 17.8 Å². The first kappa shape index (κ1) is 20.1. The molecule has 1 heterocycles. The number of nitrogens with zero attached hydrogens (tertiary/aromatic N) is 3. The highest BCUT2D eigenvalue weighted by molar-refractivity contribution is 7.98. The van der Waals surface area contributed by atoms with Crippen LogP contribution in [-0.2, 0) is 5.75 Å². The van der Waals surface area contributed by atoms with Crippen molar-refractivity contribution in [2.24, 2.45) is 0 Å². The zero-order valence-electron chi connectivity index (χ0n) is 15.5. The molecule has 0 aliphatic rings. The highest BCUT2D eigenvalue weighted by Crippen LogP contribution is 2.21. The number of benzene rings is 2. The first-order chi connectivity index (χ1) is 13.7. The molecule has 1 amide bonds. The number of thioether (sulfide) groups is 2. The van der Waals surface area contributed by atoms with Crippen molar-refractivity contribution < 1.29 is 4.79 Å². The summed E-state index contributed by atoms with van der Waals surface area (Å²) in [6.45, 7) is 0.548. The van der Waals surface area contributed by atoms with Crippen molar-refractivity contribution in [1.29, 1.82) is 5.26 Å². The van der Waals surface area contributed by atoms with Gasteiger partial charge in [0.1, 0.15) is 5.69 Å². The topological polar surface area (TPSA) is 70.7 Å². The van der Waals surface area contributed by atoms with Gasteiger partial charge in [-0.3, -0.25) is 9.36 Å². The maximum atomic E-state index is 12.7. The van der Waals surface area contributed by atoms with Crippen LogP contribution in [0.4, 0.5) is 0 Å². The van der Waals surface area contributed by atoms with E-state index in [9.17, 15) is 4.79 Å². The second-order valence-electron chi connectivity index (χ2n) is 5.88. The van der Waals surface area contributed by atoms with Crippen molar-refractivity contribution in [3.8, 4) is 11.8 Å². The van der Waals surface area contributed by atoms with Crippen molar-refractivity contribution in [1.82, 2.24) is 14.9 Å². The van der Waals surface area contributed by atoms with E-state index in [1.165, 1.54) is 11.8 Å². The Bertz CT molecular complexity index is 980. The van der Waals surface area contributed by atoms with Gasteiger partial charge in [0.2, 0.25) is 0 Å². The van der Waals surface area contributed by atoms with E-state index in [0.717, 1.165) is 27.9 Å². The first-order valence-electron chi connectivity index (χ1n) is 8.75. The Kier molecular flexibility index (Phi) is 7.18. The lowest BCUT2D eigenvalue weighted by Gasteiger charge is -2.11. The number of amides is 1. The molecule has 0 aliphatic carbocycles. The van der Waals surface area contributed by atoms with Gasteiger partial charge in [0, 0.05) is 23.7 Å². The summed E-state index contributed by atoms with van der Waals surface area (Å²) in [6, 6.07) is 19.6. The molecule has 1 aromatic heterocycles. The summed E-state index contributed by atoms with van der Waals surface area (Å²) >= 11 is 3.19. The van der Waals surface area contributed by atoms with E-state index in [-0.39, 0.29) is 5.91 Å². The van der Waals surface area contributed by atoms with Crippen LogP contribution in [0.5, 0.6) is 0 Å². The molecule has 142 valence electrons. The SMILES string of the molecule is CSc1ncc(C(=O)NCCSCc2ccccc2C#N)n1-c1ccccc1. The first-order valence-corrected chi connectivity index (χ1v) is 11.1. The Labute approximate surface area is 173 Å². The molecular formula is C21H20N4OS2. The summed E-state index contributed by atoms with van der Waals surface area (Å²) in [7, 11) is 0. The van der Waals surface area contributed by atoms with Gasteiger partial charge >= 0.3 is 0 Å². The minimum absolute atomic E-state index is 0.144. The van der Waals surface area contributed by atoms with Crippen molar-refractivity contribution in [2.75, 3.05) is 18.6 Å². The number of para-hydroxylation sites is 1. The van der Waals surface area contributed by atoms with E-state index in [4.69, 9.17) is 5.26 Å². The van der Waals surface area contributed by atoms with Crippen LogP contribution in [0, 0.1) is 11.3 Å². The van der Waals surface area contributed by atoms with Crippen LogP contribution in [0.1, 0.15) is 21.6 Å². The van der Waals surface area contributed by atoms with Crippen LogP contribution in [0.15, 0.2) is 66.0 Å². The molecule has 2 aromatic carbocycles. The Morgan fingerprint density at radius 2 is 1.93 bits per heavy atom. The molecule has 0 fully saturated rings. The molecular weight excluding hydrogens is 388 g/mol. The van der Waals surface area contributed by atoms with E-state index < -0.39 is 0 Å². The summed E-state index contributed by atoms with van der Waals surface area (Å²) < 4.78 is 1.87. The molecule has 0 bridgehead atoms. The summed E-state index contributed by atoms with van der Waals surface area (Å²) in [5.74, 6) is 1.37. The average Bonchev–Trinajstić information content (AvgIpc) is 3.18. The molecule has 0 spiro atoms. The number of nitrogens with one attached hydrogen (secondary N) is 1. The minimum atomic E-state index is -0.144. The Balaban J connectivity index is 1.57. The molecule has 0 aliphatic heterocycles. The number of rotatable bonds is 8. The zero-order valence-corrected chi connectivity index (χ0v) is 17.1. The van der Waals surface area contributed by atoms with Crippen LogP contribution in [0.25, 0.3) is 5.69 Å². The van der Waals surface area contributed by atoms with Gasteiger partial charge < -0.3 is 5.32 Å². The molecule has 0 saturated carbocycles. The number of carbonyl (C=O) groups is 1. The van der Waals surface area contributed by atoms with Crippen LogP contribution in [0.2, 0.25) is 0 Å². The van der Waals surface area contributed by atoms with Crippen molar-refractivity contribution in [3.63, 3.8) is 0 Å². The summed E-state index contributed by atoms with van der Waals surface area (Å²) in [5.41, 5.74) is 3.16. The Morgan fingerprint density at radius 1 is 1.18 bits per heavy atom. The number of nitriles is 1. The van der Waals surface area contributed by atoms with Crippen LogP contribution < -0.4 is 5.32 Å². The van der Waals surface area contributed by atoms with E-state index in [0.29, 0.717) is 17.8 Å². The van der Waals surface area contributed by atoms with Crippen molar-refractivity contribution in [2.45, 2.75) is 10.9 Å². The third kappa shape index (κ3) is 4.77. The Morgan fingerprint density at radius 3 is 2.68 bits per heavy atom. The van der Waals surface area contributed by atoms with Gasteiger partial charge in [-0.15, -0.1) is 0 Å². The molecule has 3 rings (SSSR count). The fraction of sp³-hybridized carbons (Fsp3) is 0.190. The van der Waals surface area contributed by atoms with Crippen LogP contribution in [-0.4, -0.2) is 34.0 Å². The molecule has 1 N–H and O–H groups in total. The normalized spacial score (nSPS) is 10.4. The molecule has 3 aromatic rings. The second kappa shape index (κ2) is 10.0. The zero-order chi connectivity index (χ0) is 19.8. The Hall–Kier alpha value is -2.69. The maximum absolute atomic E-state index is 12.7. The molecule has 0 radical (unpaired) electrons. The molecule has 0 atom stereocenters. The van der Waals surface area contributed by atoms with Crippen molar-refractivity contribution >= 4 is 29.4 Å². The highest BCUT2D eigenvalue weighted by Gasteiger charge is 2.17. The number of imidazole rings is 1. The maximum Gasteiger partial charge on any atom is 0.269 e. The van der Waals surface area contributed by atoms with Gasteiger partial charge in [0.25, 0.3) is 5.91 Å². The predicted molar refractivity (Wildman–Crippen MR) is 115 cm³/mol. The molecule has 0 saturated heterocycles. The van der Waals surface area contributed by atoms with Gasteiger partial charge in [-0.2, -0.15) is 17.0 Å². The smallest absolute Gasteiger partial charge is 0.269 e. The minimum Gasteiger partial charge on any atom is -0.350 e. The lowest BCUT2D eigenvalue weighted by atomic mass is 10.1. The fourth-order valence-electron chi connectivity index (χ4n) is 2.73. The summed E-state index contributed by atoms with van der Waals surface area (Å²) in [4.78, 5) is 17.0. The largest absolute Gasteiger partial charge is 0.350 e. The highest BCUT2D eigenvalue weighted by atomic mass is 32.2. The molecule has 28 heavy (non-hydrogen) atoms. The van der Waals surface area contributed by atoms with E-state index in [1.54, 1.807) is 18.0 Å². The third-order valence-electron chi connectivity index (χ3n) is 4.09. The van der Waals surface area contributed by atoms with Gasteiger partial charge in [-0.05, 0) is 30.0 Å². The second-order valence-corrected chi connectivity index (χ2v) is 7.76. The van der Waals surface area contributed by atoms with Gasteiger partial charge in [-0.25, -0.2) is 4.98 Å². The monoisotopic (exact) mass is 408 g/mol. The number of hydrogen-bond donors (Lipinski definition) is 1. The quantitative estimate of drug-likeness (QED) is 0.448. The number of carbonyl (C=O) groups excluding carboxylic acids is 1.